The van der Waals surface area contributed by atoms with Crippen LogP contribution in [0.1, 0.15) is 56.8 Å². The number of halogens is 2. The molecule has 1 aromatic carbocycles. The van der Waals surface area contributed by atoms with E-state index >= 15 is 0 Å². The van der Waals surface area contributed by atoms with Crippen LogP contribution in [-0.4, -0.2) is 44.5 Å². The Hall–Kier alpha value is -3.50. The van der Waals surface area contributed by atoms with E-state index in [1.165, 1.54) is 42.0 Å². The number of aromatic amines is 1. The van der Waals surface area contributed by atoms with Gasteiger partial charge in [0.25, 0.3) is 5.91 Å². The maximum atomic E-state index is 14.1. The highest BCUT2D eigenvalue weighted by molar-refractivity contribution is 7.97. The Balaban J connectivity index is 1.66. The fourth-order valence-corrected chi connectivity index (χ4v) is 5.04. The molecule has 0 aliphatic carbocycles. The van der Waals surface area contributed by atoms with E-state index < -0.39 is 11.6 Å². The molecule has 10 heteroatoms. The fraction of sp³-hybridized carbons (Fsp3) is 0.367. The second-order valence-corrected chi connectivity index (χ2v) is 10.8. The first kappa shape index (κ1) is 31.0. The normalized spacial score (nSPS) is 16.0. The number of amides is 1. The lowest BCUT2D eigenvalue weighted by atomic mass is 9.94. The van der Waals surface area contributed by atoms with Gasteiger partial charge in [0.15, 0.2) is 0 Å². The molecule has 3 rings (SSSR count). The van der Waals surface area contributed by atoms with E-state index in [0.717, 1.165) is 44.8 Å². The largest absolute Gasteiger partial charge is 0.366 e. The maximum Gasteiger partial charge on any atom is 0.259 e. The highest BCUT2D eigenvalue weighted by Gasteiger charge is 2.21. The van der Waals surface area contributed by atoms with E-state index in [2.05, 4.69) is 62.2 Å². The molecule has 2 heterocycles. The predicted octanol–water partition coefficient (Wildman–Crippen LogP) is 6.48. The zero-order valence-corrected chi connectivity index (χ0v) is 24.1. The molecule has 1 unspecified atom stereocenters. The van der Waals surface area contributed by atoms with Crippen molar-refractivity contribution in [2.45, 2.75) is 57.4 Å². The standard InChI is InChI=1S/C30H38F2N6OS/c1-4-6-22(2)7-8-23(3)36-29(37-30(39)25-20-33-15-5-16-34-35-21-25)12-9-24-13-17-38(18-14-24)40-28-11-10-26(31)19-27(28)32/h5-8,10-12,15-16,19-21,23-24,34,36H,4,9,13-14,17-18H2,1-3H3,(H,37,39)/b8-7-,16-5?,22-6-,25-20?,29-12+,33-15?,35-21?. The van der Waals surface area contributed by atoms with Gasteiger partial charge in [0.05, 0.1) is 16.7 Å². The third kappa shape index (κ3) is 10.9. The van der Waals surface area contributed by atoms with Crippen molar-refractivity contribution < 1.29 is 13.6 Å². The highest BCUT2D eigenvalue weighted by Crippen LogP contribution is 2.31. The summed E-state index contributed by atoms with van der Waals surface area (Å²) in [5, 5.41) is 13.1. The fourth-order valence-electron chi connectivity index (χ4n) is 4.09. The summed E-state index contributed by atoms with van der Waals surface area (Å²) in [4.78, 5) is 17.6. The van der Waals surface area contributed by atoms with Crippen LogP contribution in [0.3, 0.4) is 0 Å². The third-order valence-electron chi connectivity index (χ3n) is 6.25. The number of H-pyrrole nitrogens is 1. The quantitative estimate of drug-likeness (QED) is 0.213. The summed E-state index contributed by atoms with van der Waals surface area (Å²) in [6.07, 6.45) is 18.0. The average molecular weight is 569 g/mol. The predicted molar refractivity (Wildman–Crippen MR) is 156 cm³/mol. The second kappa shape index (κ2) is 16.6. The Morgan fingerprint density at radius 1 is 1.25 bits per heavy atom. The Bertz CT molecular complexity index is 1230. The first-order chi connectivity index (χ1) is 19.3. The number of aromatic nitrogens is 3. The van der Waals surface area contributed by atoms with Crippen molar-refractivity contribution in [3.05, 3.63) is 102 Å². The van der Waals surface area contributed by atoms with Crippen LogP contribution in [0.25, 0.3) is 0 Å². The van der Waals surface area contributed by atoms with Gasteiger partial charge in [0.2, 0.25) is 0 Å². The van der Waals surface area contributed by atoms with E-state index in [4.69, 9.17) is 0 Å². The molecule has 7 nitrogen and oxygen atoms in total. The van der Waals surface area contributed by atoms with E-state index in [1.54, 1.807) is 18.5 Å². The van der Waals surface area contributed by atoms with Crippen molar-refractivity contribution in [2.75, 3.05) is 13.1 Å². The van der Waals surface area contributed by atoms with E-state index in [-0.39, 0.29) is 11.9 Å². The number of rotatable bonds is 11. The van der Waals surface area contributed by atoms with Crippen molar-refractivity contribution >= 4 is 17.9 Å². The van der Waals surface area contributed by atoms with Crippen LogP contribution in [-0.2, 0) is 0 Å². The summed E-state index contributed by atoms with van der Waals surface area (Å²) in [7, 11) is 0. The molecule has 1 aliphatic heterocycles. The molecule has 1 atom stereocenters. The van der Waals surface area contributed by atoms with Crippen LogP contribution < -0.4 is 10.6 Å². The van der Waals surface area contributed by atoms with Gasteiger partial charge in [-0.1, -0.05) is 30.7 Å². The summed E-state index contributed by atoms with van der Waals surface area (Å²) in [5.74, 6) is -0.406. The number of carbonyl (C=O) groups is 1. The number of benzene rings is 1. The van der Waals surface area contributed by atoms with Gasteiger partial charge in [0, 0.05) is 43.8 Å². The average Bonchev–Trinajstić information content (AvgIpc) is 3.07. The minimum absolute atomic E-state index is 0.0253. The highest BCUT2D eigenvalue weighted by atomic mass is 32.2. The topological polar surface area (TPSA) is 85.9 Å². The molecule has 0 spiro atoms. The molecule has 0 radical (unpaired) electrons. The second-order valence-electron chi connectivity index (χ2n) is 9.62. The van der Waals surface area contributed by atoms with Gasteiger partial charge < -0.3 is 10.6 Å². The molecule has 3 N–H and O–H groups in total. The molecule has 1 saturated heterocycles. The first-order valence-corrected chi connectivity index (χ1v) is 14.3. The molecule has 214 valence electrons. The van der Waals surface area contributed by atoms with Gasteiger partial charge in [-0.2, -0.15) is 5.10 Å². The van der Waals surface area contributed by atoms with Crippen molar-refractivity contribution in [2.24, 2.45) is 5.92 Å². The monoisotopic (exact) mass is 568 g/mol. The van der Waals surface area contributed by atoms with Crippen molar-refractivity contribution in [1.82, 2.24) is 30.1 Å². The van der Waals surface area contributed by atoms with Crippen LogP contribution in [0.15, 0.2) is 89.6 Å². The van der Waals surface area contributed by atoms with Gasteiger partial charge in [-0.05, 0) is 81.7 Å². The summed E-state index contributed by atoms with van der Waals surface area (Å²) >= 11 is 1.33. The Morgan fingerprint density at radius 2 is 2.05 bits per heavy atom. The Morgan fingerprint density at radius 3 is 2.80 bits per heavy atom. The molecule has 1 amide bonds. The van der Waals surface area contributed by atoms with E-state index in [1.807, 2.05) is 13.0 Å². The number of nitrogens with zero attached hydrogens (tertiary/aromatic N) is 3. The molecule has 40 heavy (non-hydrogen) atoms. The van der Waals surface area contributed by atoms with Crippen LogP contribution in [0.5, 0.6) is 0 Å². The number of hydrogen-bond acceptors (Lipinski definition) is 6. The lowest BCUT2D eigenvalue weighted by Crippen LogP contribution is -2.36. The molecule has 1 aromatic heterocycles. The van der Waals surface area contributed by atoms with Gasteiger partial charge in [-0.25, -0.2) is 13.1 Å². The number of carbonyl (C=O) groups excluding carboxylic acids is 1. The van der Waals surface area contributed by atoms with Gasteiger partial charge in [0.1, 0.15) is 17.5 Å². The Kier molecular flexibility index (Phi) is 12.9. The first-order valence-electron chi connectivity index (χ1n) is 13.5. The summed E-state index contributed by atoms with van der Waals surface area (Å²) in [6, 6.07) is 5.34. The van der Waals surface area contributed by atoms with Crippen molar-refractivity contribution in [1.29, 1.82) is 0 Å². The van der Waals surface area contributed by atoms with Crippen molar-refractivity contribution in [3.63, 3.8) is 0 Å². The van der Waals surface area contributed by atoms with Crippen LogP contribution in [0, 0.1) is 17.6 Å². The molecule has 0 bridgehead atoms. The third-order valence-corrected chi connectivity index (χ3v) is 7.40. The minimum atomic E-state index is -0.573. The number of hydrogen-bond donors (Lipinski definition) is 3. The van der Waals surface area contributed by atoms with Crippen LogP contribution in [0.4, 0.5) is 8.78 Å². The Labute approximate surface area is 239 Å². The molecule has 2 aromatic rings. The van der Waals surface area contributed by atoms with E-state index in [0.29, 0.717) is 22.2 Å². The number of allylic oxidation sites excluding steroid dienone is 4. The van der Waals surface area contributed by atoms with Crippen molar-refractivity contribution in [3.8, 4) is 0 Å². The number of nitrogens with one attached hydrogen (secondary N) is 3. The van der Waals surface area contributed by atoms with Crippen LogP contribution >= 0.6 is 11.9 Å². The molecule has 1 fully saturated rings. The zero-order chi connectivity index (χ0) is 28.7. The summed E-state index contributed by atoms with van der Waals surface area (Å²) < 4.78 is 29.4. The lowest BCUT2D eigenvalue weighted by molar-refractivity contribution is 0.0962. The minimum Gasteiger partial charge on any atom is -0.366 e. The SMILES string of the molecule is CC/C=C(C)\C=C/C(C)N/C(=C\CC1CCN(Sc2ccc(F)cc2F)CC1)NC(=O)c1cnccc[nH]nc1. The summed E-state index contributed by atoms with van der Waals surface area (Å²) in [5.41, 5.74) is 1.49. The van der Waals surface area contributed by atoms with Gasteiger partial charge in [-0.15, -0.1) is 0 Å². The summed E-state index contributed by atoms with van der Waals surface area (Å²) in [6.45, 7) is 7.78. The molecule has 0 saturated carbocycles. The smallest absolute Gasteiger partial charge is 0.259 e. The van der Waals surface area contributed by atoms with Gasteiger partial charge >= 0.3 is 0 Å². The molecular weight excluding hydrogens is 530 g/mol. The van der Waals surface area contributed by atoms with E-state index in [9.17, 15) is 13.6 Å². The molecular formula is C30H38F2N6OS. The van der Waals surface area contributed by atoms with Crippen LogP contribution in [0.2, 0.25) is 0 Å². The van der Waals surface area contributed by atoms with Gasteiger partial charge in [-0.3, -0.25) is 14.9 Å². The lowest BCUT2D eigenvalue weighted by Gasteiger charge is -2.30. The maximum absolute atomic E-state index is 14.1. The number of piperidine rings is 1. The molecule has 1 aliphatic rings. The zero-order valence-electron chi connectivity index (χ0n) is 23.2.